The van der Waals surface area contributed by atoms with Crippen LogP contribution < -0.4 is 0 Å². The summed E-state index contributed by atoms with van der Waals surface area (Å²) in [6, 6.07) is 18.5. The number of fused-ring (bicyclic) bond motifs is 1. The molecule has 1 nitrogen and oxygen atoms in total. The van der Waals surface area contributed by atoms with Crippen LogP contribution in [0.25, 0.3) is 12.2 Å². The molecule has 2 aromatic carbocycles. The number of hydrogen-bond donors (Lipinski definition) is 0. The van der Waals surface area contributed by atoms with Gasteiger partial charge in [0.2, 0.25) is 0 Å². The van der Waals surface area contributed by atoms with E-state index in [-0.39, 0.29) is 6.15 Å². The van der Waals surface area contributed by atoms with Gasteiger partial charge in [0.15, 0.2) is 0 Å². The van der Waals surface area contributed by atoms with E-state index >= 15 is 0 Å². The van der Waals surface area contributed by atoms with Crippen LogP contribution in [0.4, 0.5) is 0 Å². The number of nitrogens with two attached hydrogens (primary N) is 1. The molecule has 25 heavy (non-hydrogen) atoms. The summed E-state index contributed by atoms with van der Waals surface area (Å²) in [5.74, 6) is 1.06. The first-order valence-corrected chi connectivity index (χ1v) is 12.3. The monoisotopic (exact) mass is 410 g/mol. The van der Waals surface area contributed by atoms with Crippen LogP contribution in [-0.2, 0) is 17.0 Å². The Kier molecular flexibility index (Phi) is 13.1. The van der Waals surface area contributed by atoms with Crippen LogP contribution >= 0.6 is 18.6 Å². The minimum Gasteiger partial charge on any atom is -0.693 e. The Morgan fingerprint density at radius 1 is 1.04 bits per heavy atom. The van der Waals surface area contributed by atoms with E-state index in [1.165, 1.54) is 16.7 Å². The van der Waals surface area contributed by atoms with Crippen LogP contribution in [0.3, 0.4) is 0 Å². The van der Waals surface area contributed by atoms with Crippen molar-refractivity contribution in [3.05, 3.63) is 96.9 Å². The van der Waals surface area contributed by atoms with Crippen LogP contribution in [-0.4, -0.2) is 0 Å². The summed E-state index contributed by atoms with van der Waals surface area (Å²) in [6.07, 6.45) is 3.44. The van der Waals surface area contributed by atoms with Gasteiger partial charge in [-0.25, -0.2) is 0 Å². The van der Waals surface area contributed by atoms with E-state index in [1.807, 2.05) is 30.3 Å². The van der Waals surface area contributed by atoms with Crippen molar-refractivity contribution in [2.75, 3.05) is 0 Å². The summed E-state index contributed by atoms with van der Waals surface area (Å²) in [5, 5.41) is 0. The van der Waals surface area contributed by atoms with Crippen LogP contribution in [0.15, 0.2) is 60.2 Å². The molecule has 2 unspecified atom stereocenters. The van der Waals surface area contributed by atoms with E-state index < -0.39 is 17.0 Å². The summed E-state index contributed by atoms with van der Waals surface area (Å²) in [5.41, 5.74) is 5.39. The van der Waals surface area contributed by atoms with Crippen LogP contribution in [0.2, 0.25) is 0 Å². The van der Waals surface area contributed by atoms with Gasteiger partial charge < -0.3 is 13.1 Å². The molecule has 0 aromatic heterocycles. The standard InChI is InChI=1S/C14H17.C7H7.2ClH.H2N.Ti/c1-4-10(2)14-11(3)9-12-7-5-6-8-13(12)14;1-7-5-3-2-4-6-7;;;;/h5-10,14H,2,4H2,1,3H3;2-6H,1H2;2*1H;1H2;/q2*-1;;;-1;+2/p-2. The Morgan fingerprint density at radius 3 is 2.04 bits per heavy atom. The molecule has 0 saturated carbocycles. The van der Waals surface area contributed by atoms with Crippen molar-refractivity contribution in [3.63, 3.8) is 0 Å². The number of halogens is 2. The molecule has 1 aliphatic carbocycles. The van der Waals surface area contributed by atoms with Crippen LogP contribution in [0, 0.1) is 19.8 Å². The third-order valence-corrected chi connectivity index (χ3v) is 4.04. The SMILES string of the molecule is [CH2-]C(CC)C1C(C)=Cc2ccccc21.[CH2-]c1ccccc1.[Cl][Ti][Cl].[NH2-]. The quantitative estimate of drug-likeness (QED) is 0.354. The van der Waals surface area contributed by atoms with Crippen molar-refractivity contribution in [3.8, 4) is 0 Å². The molecule has 4 heteroatoms. The number of allylic oxidation sites excluding steroid dienone is 1. The minimum absolute atomic E-state index is 0. The Bertz CT molecular complexity index is 629. The fourth-order valence-electron chi connectivity index (χ4n) is 2.85. The Hall–Kier alpha value is -0.696. The second-order valence-electron chi connectivity index (χ2n) is 5.72. The smallest absolute Gasteiger partial charge is 0.693 e. The number of benzene rings is 2. The molecule has 0 spiro atoms. The van der Waals surface area contributed by atoms with Gasteiger partial charge in [0.1, 0.15) is 0 Å². The first-order chi connectivity index (χ1) is 11.5. The number of rotatable bonds is 2. The summed E-state index contributed by atoms with van der Waals surface area (Å²) in [7, 11) is 9.78. The minimum atomic E-state index is -0.556. The third-order valence-electron chi connectivity index (χ3n) is 4.04. The van der Waals surface area contributed by atoms with Crippen LogP contribution in [0.1, 0.15) is 42.9 Å². The normalized spacial score (nSPS) is 15.1. The van der Waals surface area contributed by atoms with Crippen molar-refractivity contribution >= 4 is 24.7 Å². The molecular formula is C21H26Cl2NTi-3. The molecule has 2 atom stereocenters. The zero-order chi connectivity index (χ0) is 17.9. The fraction of sp³-hybridized carbons (Fsp3) is 0.238. The average molecular weight is 411 g/mol. The summed E-state index contributed by atoms with van der Waals surface area (Å²) in [6.45, 7) is 12.4. The van der Waals surface area contributed by atoms with Gasteiger partial charge in [0.05, 0.1) is 0 Å². The van der Waals surface area contributed by atoms with Gasteiger partial charge in [-0.15, -0.1) is 12.1 Å². The molecule has 2 aromatic rings. The topological polar surface area (TPSA) is 33.5 Å². The van der Waals surface area contributed by atoms with E-state index in [0.29, 0.717) is 11.8 Å². The first-order valence-electron chi connectivity index (χ1n) is 7.98. The Labute approximate surface area is 170 Å². The second-order valence-corrected chi connectivity index (χ2v) is 8.30. The maximum atomic E-state index is 4.89. The fourth-order valence-corrected chi connectivity index (χ4v) is 2.85. The molecule has 0 aliphatic heterocycles. The van der Waals surface area contributed by atoms with E-state index in [2.05, 4.69) is 58.0 Å². The molecule has 0 saturated heterocycles. The van der Waals surface area contributed by atoms with E-state index in [4.69, 9.17) is 18.6 Å². The summed E-state index contributed by atoms with van der Waals surface area (Å²) >= 11 is -0.556. The van der Waals surface area contributed by atoms with Crippen LogP contribution in [0.5, 0.6) is 0 Å². The third kappa shape index (κ3) is 8.03. The number of hydrogen-bond acceptors (Lipinski definition) is 0. The van der Waals surface area contributed by atoms with Crippen molar-refractivity contribution in [2.45, 2.75) is 26.2 Å². The first kappa shape index (κ1) is 24.3. The average Bonchev–Trinajstić information content (AvgIpc) is 2.92. The van der Waals surface area contributed by atoms with Gasteiger partial charge >= 0.3 is 35.6 Å². The second kappa shape index (κ2) is 13.5. The predicted octanol–water partition coefficient (Wildman–Crippen LogP) is 8.01. The van der Waals surface area contributed by atoms with Gasteiger partial charge in [0, 0.05) is 0 Å². The largest absolute Gasteiger partial charge is 0.693 e. The van der Waals surface area contributed by atoms with E-state index in [0.717, 1.165) is 12.0 Å². The molecule has 1 aliphatic rings. The molecular weight excluding hydrogens is 385 g/mol. The molecule has 0 fully saturated rings. The molecule has 0 radical (unpaired) electrons. The van der Waals surface area contributed by atoms with Gasteiger partial charge in [-0.05, 0) is 24.0 Å². The molecule has 2 N–H and O–H groups in total. The Balaban J connectivity index is 0.000000442. The van der Waals surface area contributed by atoms with Gasteiger partial charge in [-0.1, -0.05) is 55.3 Å². The summed E-state index contributed by atoms with van der Waals surface area (Å²) < 4.78 is 0. The van der Waals surface area contributed by atoms with Crippen molar-refractivity contribution in [1.29, 1.82) is 0 Å². The molecule has 0 heterocycles. The maximum Gasteiger partial charge on any atom is -0.693 e. The molecule has 3 rings (SSSR count). The molecule has 0 amide bonds. The summed E-state index contributed by atoms with van der Waals surface area (Å²) in [4.78, 5) is 0. The van der Waals surface area contributed by atoms with Crippen molar-refractivity contribution in [1.82, 2.24) is 0 Å². The van der Waals surface area contributed by atoms with Crippen molar-refractivity contribution in [2.24, 2.45) is 5.92 Å². The van der Waals surface area contributed by atoms with E-state index in [9.17, 15) is 0 Å². The van der Waals surface area contributed by atoms with Crippen molar-refractivity contribution < 1.29 is 17.0 Å². The molecule has 0 bridgehead atoms. The maximum absolute atomic E-state index is 4.89. The Morgan fingerprint density at radius 2 is 1.56 bits per heavy atom. The van der Waals surface area contributed by atoms with Gasteiger partial charge in [-0.3, -0.25) is 0 Å². The van der Waals surface area contributed by atoms with E-state index in [1.54, 1.807) is 0 Å². The zero-order valence-electron chi connectivity index (χ0n) is 14.9. The van der Waals surface area contributed by atoms with Gasteiger partial charge in [-0.2, -0.15) is 30.5 Å². The zero-order valence-corrected chi connectivity index (χ0v) is 18.0. The molecule has 136 valence electrons. The van der Waals surface area contributed by atoms with Gasteiger partial charge in [0.25, 0.3) is 0 Å². The predicted molar refractivity (Wildman–Crippen MR) is 110 cm³/mol.